The molecule has 0 bridgehead atoms. The van der Waals surface area contributed by atoms with Gasteiger partial charge in [-0.1, -0.05) is 48.5 Å². The molecule has 4 aromatic carbocycles. The quantitative estimate of drug-likeness (QED) is 0.0481. The molecule has 4 N–H and O–H groups in total. The number of halogens is 8. The van der Waals surface area contributed by atoms with Crippen LogP contribution in [0.1, 0.15) is 66.2 Å². The van der Waals surface area contributed by atoms with E-state index in [0.717, 1.165) is 37.5 Å². The van der Waals surface area contributed by atoms with Gasteiger partial charge in [0.25, 0.3) is 11.8 Å². The van der Waals surface area contributed by atoms with Crippen LogP contribution in [0.2, 0.25) is 0 Å². The summed E-state index contributed by atoms with van der Waals surface area (Å²) in [5.74, 6) is -6.51. The monoisotopic (exact) mass is 954 g/mol. The van der Waals surface area contributed by atoms with E-state index in [9.17, 15) is 55.7 Å². The van der Waals surface area contributed by atoms with E-state index in [1.54, 1.807) is 48.5 Å². The van der Waals surface area contributed by atoms with E-state index in [1.807, 2.05) is 0 Å². The average molecular weight is 956 g/mol. The summed E-state index contributed by atoms with van der Waals surface area (Å²) in [5.41, 5.74) is -1.73. The maximum absolute atomic E-state index is 14.0. The number of hydrogen-bond donors (Lipinski definition) is 4. The Balaban J connectivity index is 0.982. The van der Waals surface area contributed by atoms with Gasteiger partial charge in [0.15, 0.2) is 0 Å². The highest BCUT2D eigenvalue weighted by atomic mass is 35.5. The van der Waals surface area contributed by atoms with Crippen molar-refractivity contribution in [3.63, 3.8) is 0 Å². The van der Waals surface area contributed by atoms with Crippen molar-refractivity contribution in [2.75, 3.05) is 48.9 Å². The van der Waals surface area contributed by atoms with Gasteiger partial charge in [-0.05, 0) is 45.5 Å². The highest BCUT2D eigenvalue weighted by Crippen LogP contribution is 2.51. The first-order valence-electron chi connectivity index (χ1n) is 19.8. The maximum atomic E-state index is 14.0. The predicted molar refractivity (Wildman–Crippen MR) is 234 cm³/mol. The molecule has 0 radical (unpaired) electrons. The van der Waals surface area contributed by atoms with Crippen LogP contribution in [-0.4, -0.2) is 83.0 Å². The Hall–Kier alpha value is -6.92. The first-order chi connectivity index (χ1) is 31.3. The zero-order chi connectivity index (χ0) is 47.6. The molecule has 0 fully saturated rings. The first kappa shape index (κ1) is 45.6. The number of esters is 2. The lowest BCUT2D eigenvalue weighted by Gasteiger charge is -2.16. The fraction of sp³-hybridized carbons (Fsp3) is 0.217. The number of nitrogens with zero attached hydrogens (tertiary/aromatic N) is 2. The van der Waals surface area contributed by atoms with E-state index in [-0.39, 0.29) is 69.2 Å². The zero-order valence-corrected chi connectivity index (χ0v) is 35.8. The largest absolute Gasteiger partial charge is 0.506 e. The minimum absolute atomic E-state index is 0.0388. The second kappa shape index (κ2) is 17.1. The molecule has 66 heavy (non-hydrogen) atoms. The van der Waals surface area contributed by atoms with Crippen molar-refractivity contribution in [3.8, 4) is 22.6 Å². The standard InChI is InChI=1S/C46H34Cl2F6N4O8/c1-65-43(63)37-35-33-25(17-47)19-57(27(33)15-29(59)39(35)55-41(37)45(49,50)51)31(61)13-7-21-3-9-23(10-4-21)24-11-5-22(6-12-24)8-14-32(62)58-20-26(18-48)34-28(58)16-30(60)40-36(34)38(44(64)66-2)42(56-40)46(52,53)54/h3-16,25-26,55-56,59-60H,17-20H2,1-2H3/b13-7+,14-8+/t25-,26-/m1/s1. The maximum Gasteiger partial charge on any atom is 0.432 e. The summed E-state index contributed by atoms with van der Waals surface area (Å²) in [4.78, 5) is 59.3. The number of H-pyrrole nitrogens is 2. The molecule has 12 nitrogen and oxygen atoms in total. The summed E-state index contributed by atoms with van der Waals surface area (Å²) in [6, 6.07) is 16.5. The van der Waals surface area contributed by atoms with Crippen molar-refractivity contribution >= 4 is 92.3 Å². The van der Waals surface area contributed by atoms with Crippen LogP contribution in [0.4, 0.5) is 37.7 Å². The molecular formula is C46H34Cl2F6N4O8. The van der Waals surface area contributed by atoms with Gasteiger partial charge in [-0.25, -0.2) is 9.59 Å². The Labute approximate surface area is 379 Å². The SMILES string of the molecule is COC(=O)c1c(C(F)(F)F)[nH]c2c(O)cc3c(c12)[C@H](CCl)CN3C(=O)/C=C/c1ccc(-c2ccc(/C=C/C(=O)N3C[C@@H](CCl)c4c3cc(O)c3[nH]c(C(F)(F)F)c(C(=O)OC)c43)cc2)cc1. The number of benzene rings is 4. The summed E-state index contributed by atoms with van der Waals surface area (Å²) in [7, 11) is 1.86. The Bertz CT molecular complexity index is 2830. The number of fused-ring (bicyclic) bond motifs is 6. The molecule has 2 atom stereocenters. The number of amides is 2. The summed E-state index contributed by atoms with van der Waals surface area (Å²) in [6.07, 6.45) is -4.39. The Kier molecular flexibility index (Phi) is 11.9. The number of methoxy groups -OCH3 is 2. The van der Waals surface area contributed by atoms with Crippen LogP contribution >= 0.6 is 23.2 Å². The number of phenolic OH excluding ortho intramolecular Hbond substituents is 2. The number of carbonyl (C=O) groups excluding carboxylic acids is 4. The van der Waals surface area contributed by atoms with Crippen LogP contribution in [0.3, 0.4) is 0 Å². The molecule has 8 rings (SSSR count). The van der Waals surface area contributed by atoms with E-state index in [2.05, 4.69) is 19.4 Å². The molecule has 0 saturated carbocycles. The molecule has 4 heterocycles. The molecular weight excluding hydrogens is 921 g/mol. The molecule has 6 aromatic rings. The first-order valence-corrected chi connectivity index (χ1v) is 20.8. The average Bonchev–Trinajstić information content (AvgIpc) is 4.08. The minimum Gasteiger partial charge on any atom is -0.506 e. The van der Waals surface area contributed by atoms with E-state index >= 15 is 0 Å². The number of carbonyl (C=O) groups is 4. The number of aromatic amines is 2. The molecule has 342 valence electrons. The lowest BCUT2D eigenvalue weighted by atomic mass is 9.95. The molecule has 2 amide bonds. The normalized spacial score (nSPS) is 16.2. The van der Waals surface area contributed by atoms with Gasteiger partial charge in [-0.3, -0.25) is 9.59 Å². The van der Waals surface area contributed by atoms with Crippen molar-refractivity contribution in [2.24, 2.45) is 0 Å². The van der Waals surface area contributed by atoms with E-state index in [0.29, 0.717) is 11.1 Å². The van der Waals surface area contributed by atoms with Crippen LogP contribution in [0, 0.1) is 0 Å². The molecule has 0 unspecified atom stereocenters. The number of aromatic nitrogens is 2. The van der Waals surface area contributed by atoms with Gasteiger partial charge in [-0.2, -0.15) is 26.3 Å². The summed E-state index contributed by atoms with van der Waals surface area (Å²) in [6.45, 7) is -0.0776. The van der Waals surface area contributed by atoms with Crippen molar-refractivity contribution in [1.29, 1.82) is 0 Å². The molecule has 20 heteroatoms. The number of hydrogen-bond acceptors (Lipinski definition) is 8. The number of anilines is 2. The molecule has 0 saturated heterocycles. The van der Waals surface area contributed by atoms with Gasteiger partial charge in [-0.15, -0.1) is 23.2 Å². The lowest BCUT2D eigenvalue weighted by molar-refractivity contribution is -0.141. The fourth-order valence-electron chi connectivity index (χ4n) is 8.63. The van der Waals surface area contributed by atoms with E-state index < -0.39 is 82.0 Å². The van der Waals surface area contributed by atoms with Crippen LogP contribution in [-0.2, 0) is 31.4 Å². The number of phenols is 2. The Morgan fingerprint density at radius 3 is 1.30 bits per heavy atom. The third-order valence-electron chi connectivity index (χ3n) is 11.6. The minimum atomic E-state index is -5.00. The van der Waals surface area contributed by atoms with Crippen LogP contribution in [0.15, 0.2) is 72.8 Å². The van der Waals surface area contributed by atoms with Crippen molar-refractivity contribution in [3.05, 3.63) is 118 Å². The van der Waals surface area contributed by atoms with Crippen molar-refractivity contribution in [2.45, 2.75) is 24.2 Å². The summed E-state index contributed by atoms with van der Waals surface area (Å²) >= 11 is 12.5. The van der Waals surface area contributed by atoms with Gasteiger partial charge in [0.05, 0.1) is 47.8 Å². The topological polar surface area (TPSA) is 165 Å². The van der Waals surface area contributed by atoms with E-state index in [4.69, 9.17) is 23.2 Å². The zero-order valence-electron chi connectivity index (χ0n) is 34.3. The van der Waals surface area contributed by atoms with Gasteiger partial charge < -0.3 is 39.5 Å². The van der Waals surface area contributed by atoms with E-state index in [1.165, 1.54) is 34.1 Å². The van der Waals surface area contributed by atoms with Crippen LogP contribution < -0.4 is 9.80 Å². The molecule has 2 aliphatic rings. The lowest BCUT2D eigenvalue weighted by Crippen LogP contribution is -2.28. The van der Waals surface area contributed by atoms with Crippen molar-refractivity contribution in [1.82, 2.24) is 9.97 Å². The Morgan fingerprint density at radius 1 is 0.652 bits per heavy atom. The van der Waals surface area contributed by atoms with Gasteiger partial charge in [0.2, 0.25) is 0 Å². The fourth-order valence-corrected chi connectivity index (χ4v) is 9.13. The molecule has 0 spiro atoms. The van der Waals surface area contributed by atoms with Gasteiger partial charge in [0, 0.05) is 71.7 Å². The highest BCUT2D eigenvalue weighted by molar-refractivity contribution is 6.21. The number of aromatic hydroxyl groups is 2. The highest BCUT2D eigenvalue weighted by Gasteiger charge is 2.45. The smallest absolute Gasteiger partial charge is 0.432 e. The third kappa shape index (κ3) is 7.86. The number of nitrogens with one attached hydrogen (secondary N) is 2. The molecule has 0 aliphatic carbocycles. The summed E-state index contributed by atoms with van der Waals surface area (Å²) in [5, 5.41) is 21.1. The summed E-state index contributed by atoms with van der Waals surface area (Å²) < 4.78 is 93.5. The number of alkyl halides is 8. The Morgan fingerprint density at radius 2 is 1.00 bits per heavy atom. The predicted octanol–water partition coefficient (Wildman–Crippen LogP) is 10.1. The van der Waals surface area contributed by atoms with Crippen molar-refractivity contribution < 1.29 is 65.2 Å². The molecule has 2 aliphatic heterocycles. The van der Waals surface area contributed by atoms with Gasteiger partial charge in [0.1, 0.15) is 22.9 Å². The van der Waals surface area contributed by atoms with Crippen LogP contribution in [0.5, 0.6) is 11.5 Å². The third-order valence-corrected chi connectivity index (χ3v) is 12.3. The molecule has 2 aromatic heterocycles. The second-order valence-corrected chi connectivity index (χ2v) is 16.0. The number of ether oxygens (including phenoxy) is 2. The number of rotatable bonds is 9. The van der Waals surface area contributed by atoms with Crippen LogP contribution in [0.25, 0.3) is 45.1 Å². The second-order valence-electron chi connectivity index (χ2n) is 15.4. The van der Waals surface area contributed by atoms with Gasteiger partial charge >= 0.3 is 24.3 Å².